The number of amides is 1. The van der Waals surface area contributed by atoms with Gasteiger partial charge in [0.15, 0.2) is 5.82 Å². The van der Waals surface area contributed by atoms with Crippen LogP contribution in [0.2, 0.25) is 0 Å². The zero-order valence-electron chi connectivity index (χ0n) is 12.1. The quantitative estimate of drug-likeness (QED) is 0.522. The number of carbonyl (C=O) groups excluding carboxylic acids is 2. The Morgan fingerprint density at radius 2 is 2.29 bits per heavy atom. The van der Waals surface area contributed by atoms with E-state index < -0.39 is 0 Å². The van der Waals surface area contributed by atoms with Gasteiger partial charge in [-0.1, -0.05) is 0 Å². The number of rotatable bonds is 7. The molecule has 0 bridgehead atoms. The molecule has 21 heavy (non-hydrogen) atoms. The van der Waals surface area contributed by atoms with E-state index in [2.05, 4.69) is 20.9 Å². The minimum atomic E-state index is -0.149. The van der Waals surface area contributed by atoms with Crippen LogP contribution in [-0.2, 0) is 14.3 Å². The van der Waals surface area contributed by atoms with Gasteiger partial charge in [-0.25, -0.2) is 4.98 Å². The van der Waals surface area contributed by atoms with Crippen LogP contribution in [0.3, 0.4) is 0 Å². The van der Waals surface area contributed by atoms with Gasteiger partial charge in [-0.15, -0.1) is 0 Å². The molecule has 0 atom stereocenters. The highest BCUT2D eigenvalue weighted by atomic mass is 16.5. The highest BCUT2D eigenvalue weighted by Gasteiger charge is 2.15. The predicted molar refractivity (Wildman–Crippen MR) is 80.3 cm³/mol. The monoisotopic (exact) mass is 292 g/mol. The molecule has 0 saturated heterocycles. The molecule has 0 fully saturated rings. The van der Waals surface area contributed by atoms with Gasteiger partial charge in [-0.05, 0) is 31.9 Å². The third kappa shape index (κ3) is 4.62. The molecule has 7 nitrogen and oxygen atoms in total. The van der Waals surface area contributed by atoms with Crippen LogP contribution in [0.15, 0.2) is 12.1 Å². The summed E-state index contributed by atoms with van der Waals surface area (Å²) in [5.74, 6) is 1.20. The van der Waals surface area contributed by atoms with Gasteiger partial charge in [0.25, 0.3) is 0 Å². The third-order valence-corrected chi connectivity index (χ3v) is 3.00. The van der Waals surface area contributed by atoms with Gasteiger partial charge in [0.1, 0.15) is 5.82 Å². The van der Waals surface area contributed by atoms with Crippen molar-refractivity contribution in [2.75, 3.05) is 35.6 Å². The Kier molecular flexibility index (Phi) is 5.36. The fraction of sp³-hybridized carbons (Fsp3) is 0.500. The Balaban J connectivity index is 1.72. The maximum atomic E-state index is 11.2. The molecular formula is C14H20N4O3. The van der Waals surface area contributed by atoms with Gasteiger partial charge in [-0.2, -0.15) is 0 Å². The average molecular weight is 292 g/mol. The summed E-state index contributed by atoms with van der Waals surface area (Å²) in [5.41, 5.74) is 0.694. The summed E-state index contributed by atoms with van der Waals surface area (Å²) in [6, 6.07) is 3.63. The summed E-state index contributed by atoms with van der Waals surface area (Å²) >= 11 is 0. The number of ether oxygens (including phenoxy) is 1. The lowest BCUT2D eigenvalue weighted by Crippen LogP contribution is -2.28. The molecular weight excluding hydrogens is 272 g/mol. The second-order valence-electron chi connectivity index (χ2n) is 4.68. The van der Waals surface area contributed by atoms with Crippen molar-refractivity contribution in [3.05, 3.63) is 12.1 Å². The topological polar surface area (TPSA) is 92.3 Å². The van der Waals surface area contributed by atoms with Crippen LogP contribution in [-0.4, -0.2) is 36.6 Å². The summed E-state index contributed by atoms with van der Waals surface area (Å²) in [5, 5.41) is 8.90. The van der Waals surface area contributed by atoms with Gasteiger partial charge < -0.3 is 20.7 Å². The number of hydrogen-bond donors (Lipinski definition) is 3. The summed E-state index contributed by atoms with van der Waals surface area (Å²) < 4.78 is 4.86. The van der Waals surface area contributed by atoms with Crippen molar-refractivity contribution < 1.29 is 14.3 Å². The van der Waals surface area contributed by atoms with E-state index in [4.69, 9.17) is 4.74 Å². The van der Waals surface area contributed by atoms with Gasteiger partial charge in [0.2, 0.25) is 5.91 Å². The lowest BCUT2D eigenvalue weighted by atomic mass is 10.2. The first-order valence-electron chi connectivity index (χ1n) is 7.13. The fourth-order valence-electron chi connectivity index (χ4n) is 2.00. The summed E-state index contributed by atoms with van der Waals surface area (Å²) in [6.45, 7) is 3.21. The van der Waals surface area contributed by atoms with Crippen LogP contribution < -0.4 is 16.0 Å². The van der Waals surface area contributed by atoms with Crippen LogP contribution in [0.4, 0.5) is 17.3 Å². The van der Waals surface area contributed by atoms with E-state index in [0.717, 1.165) is 25.2 Å². The van der Waals surface area contributed by atoms with Crippen LogP contribution in [0, 0.1) is 0 Å². The largest absolute Gasteiger partial charge is 0.466 e. The fourth-order valence-corrected chi connectivity index (χ4v) is 2.00. The molecule has 2 rings (SSSR count). The minimum Gasteiger partial charge on any atom is -0.466 e. The molecule has 0 spiro atoms. The molecule has 0 saturated carbocycles. The second kappa shape index (κ2) is 7.47. The molecule has 1 aliphatic rings. The Labute approximate surface area is 123 Å². The molecule has 114 valence electrons. The number of hydrogen-bond acceptors (Lipinski definition) is 6. The minimum absolute atomic E-state index is 0.0658. The zero-order valence-corrected chi connectivity index (χ0v) is 12.1. The van der Waals surface area contributed by atoms with E-state index in [0.29, 0.717) is 24.5 Å². The van der Waals surface area contributed by atoms with Crippen LogP contribution >= 0.6 is 0 Å². The van der Waals surface area contributed by atoms with Gasteiger partial charge >= 0.3 is 5.97 Å². The summed E-state index contributed by atoms with van der Waals surface area (Å²) in [7, 11) is 0. The van der Waals surface area contributed by atoms with Crippen molar-refractivity contribution in [1.82, 2.24) is 4.98 Å². The van der Waals surface area contributed by atoms with Gasteiger partial charge in [0, 0.05) is 13.0 Å². The highest BCUT2D eigenvalue weighted by Crippen LogP contribution is 2.23. The third-order valence-electron chi connectivity index (χ3n) is 3.00. The Morgan fingerprint density at radius 3 is 3.10 bits per heavy atom. The van der Waals surface area contributed by atoms with Crippen molar-refractivity contribution in [3.8, 4) is 0 Å². The molecule has 1 aromatic rings. The number of esters is 1. The number of pyridine rings is 1. The van der Waals surface area contributed by atoms with E-state index in [-0.39, 0.29) is 18.4 Å². The molecule has 1 aromatic heterocycles. The number of anilines is 3. The number of unbranched alkanes of at least 4 members (excludes halogenated alkanes) is 1. The van der Waals surface area contributed by atoms with E-state index in [1.807, 2.05) is 12.1 Å². The molecule has 0 unspecified atom stereocenters. The number of nitrogens with one attached hydrogen (secondary N) is 3. The lowest BCUT2D eigenvalue weighted by molar-refractivity contribution is -0.143. The normalized spacial score (nSPS) is 12.9. The average Bonchev–Trinajstić information content (AvgIpc) is 2.47. The molecule has 0 radical (unpaired) electrons. The standard InChI is InChI=1S/C14H20N4O3/c1-2-21-13(20)5-3-4-8-15-11-7-6-10-14(18-11)16-9-12(19)17-10/h6-7H,2-5,8-9H2,1H3,(H,17,19)(H2,15,16,18). The molecule has 2 heterocycles. The predicted octanol–water partition coefficient (Wildman–Crippen LogP) is 1.59. The molecule has 1 amide bonds. The smallest absolute Gasteiger partial charge is 0.305 e. The first-order chi connectivity index (χ1) is 10.2. The lowest BCUT2D eigenvalue weighted by Gasteiger charge is -2.18. The van der Waals surface area contributed by atoms with Crippen molar-refractivity contribution >= 4 is 29.2 Å². The van der Waals surface area contributed by atoms with Gasteiger partial charge in [0.05, 0.1) is 18.8 Å². The van der Waals surface area contributed by atoms with E-state index in [9.17, 15) is 9.59 Å². The number of nitrogens with zero attached hydrogens (tertiary/aromatic N) is 1. The van der Waals surface area contributed by atoms with Crippen molar-refractivity contribution in [2.45, 2.75) is 26.2 Å². The van der Waals surface area contributed by atoms with E-state index in [1.54, 1.807) is 6.92 Å². The molecule has 0 aliphatic carbocycles. The Bertz CT molecular complexity index is 519. The van der Waals surface area contributed by atoms with Crippen LogP contribution in [0.1, 0.15) is 26.2 Å². The van der Waals surface area contributed by atoms with Crippen molar-refractivity contribution in [3.63, 3.8) is 0 Å². The number of carbonyl (C=O) groups is 2. The summed E-state index contributed by atoms with van der Waals surface area (Å²) in [6.07, 6.45) is 2.09. The zero-order chi connectivity index (χ0) is 15.1. The Morgan fingerprint density at radius 1 is 1.43 bits per heavy atom. The summed E-state index contributed by atoms with van der Waals surface area (Å²) in [4.78, 5) is 26.7. The van der Waals surface area contributed by atoms with Gasteiger partial charge in [-0.3, -0.25) is 9.59 Å². The first kappa shape index (κ1) is 15.1. The van der Waals surface area contributed by atoms with Crippen molar-refractivity contribution in [1.29, 1.82) is 0 Å². The highest BCUT2D eigenvalue weighted by molar-refractivity contribution is 5.99. The van der Waals surface area contributed by atoms with Crippen LogP contribution in [0.25, 0.3) is 0 Å². The second-order valence-corrected chi connectivity index (χ2v) is 4.68. The molecule has 3 N–H and O–H groups in total. The van der Waals surface area contributed by atoms with Crippen LogP contribution in [0.5, 0.6) is 0 Å². The van der Waals surface area contributed by atoms with Crippen molar-refractivity contribution in [2.24, 2.45) is 0 Å². The Hall–Kier alpha value is -2.31. The molecule has 7 heteroatoms. The van der Waals surface area contributed by atoms with E-state index >= 15 is 0 Å². The first-order valence-corrected chi connectivity index (χ1v) is 7.13. The maximum absolute atomic E-state index is 11.2. The molecule has 1 aliphatic heterocycles. The van der Waals surface area contributed by atoms with E-state index in [1.165, 1.54) is 0 Å². The maximum Gasteiger partial charge on any atom is 0.305 e. The molecule has 0 aromatic carbocycles. The SMILES string of the molecule is CCOC(=O)CCCCNc1ccc2c(n1)NCC(=O)N2. The number of aromatic nitrogens is 1. The number of fused-ring (bicyclic) bond motifs is 1.